The van der Waals surface area contributed by atoms with Crippen LogP contribution in [0.3, 0.4) is 0 Å². The number of rotatable bonds is 3. The van der Waals surface area contributed by atoms with Crippen LogP contribution in [0.5, 0.6) is 0 Å². The topological polar surface area (TPSA) is 65.4 Å². The van der Waals surface area contributed by atoms with E-state index in [1.807, 2.05) is 60.7 Å². The van der Waals surface area contributed by atoms with Crippen LogP contribution in [-0.4, -0.2) is 9.55 Å². The molecule has 35 heavy (non-hydrogen) atoms. The van der Waals surface area contributed by atoms with Gasteiger partial charge in [0.25, 0.3) is 0 Å². The van der Waals surface area contributed by atoms with Crippen LogP contribution in [0, 0.1) is 22.7 Å². The number of aromatic nitrogens is 2. The number of nitrogens with zero attached hydrogens (tertiary/aromatic N) is 4. The Morgan fingerprint density at radius 2 is 1.26 bits per heavy atom. The average Bonchev–Trinajstić information content (AvgIpc) is 3.26. The second-order valence-electron chi connectivity index (χ2n) is 8.33. The largest absolute Gasteiger partial charge is 0.309 e. The van der Waals surface area contributed by atoms with Gasteiger partial charge in [-0.05, 0) is 47.5 Å². The Balaban J connectivity index is 1.66. The van der Waals surface area contributed by atoms with Gasteiger partial charge in [0.15, 0.2) is 0 Å². The van der Waals surface area contributed by atoms with Gasteiger partial charge in [-0.25, -0.2) is 0 Å². The second-order valence-corrected chi connectivity index (χ2v) is 8.33. The quantitative estimate of drug-likeness (QED) is 0.287. The van der Waals surface area contributed by atoms with E-state index in [2.05, 4.69) is 58.1 Å². The normalized spacial score (nSPS) is 10.8. The van der Waals surface area contributed by atoms with E-state index in [0.29, 0.717) is 11.1 Å². The summed E-state index contributed by atoms with van der Waals surface area (Å²) in [7, 11) is 0. The van der Waals surface area contributed by atoms with Gasteiger partial charge >= 0.3 is 0 Å². The lowest BCUT2D eigenvalue weighted by Crippen LogP contribution is -1.98. The summed E-state index contributed by atoms with van der Waals surface area (Å²) in [5, 5.41) is 21.0. The van der Waals surface area contributed by atoms with Gasteiger partial charge in [0, 0.05) is 34.3 Å². The smallest absolute Gasteiger partial charge is 0.101 e. The summed E-state index contributed by atoms with van der Waals surface area (Å²) in [6.45, 7) is 0. The molecule has 2 aromatic heterocycles. The first-order chi connectivity index (χ1) is 17.3. The van der Waals surface area contributed by atoms with E-state index < -0.39 is 0 Å². The van der Waals surface area contributed by atoms with Crippen LogP contribution < -0.4 is 0 Å². The maximum Gasteiger partial charge on any atom is 0.101 e. The van der Waals surface area contributed by atoms with Gasteiger partial charge < -0.3 is 4.57 Å². The number of para-hydroxylation sites is 2. The molecule has 0 fully saturated rings. The van der Waals surface area contributed by atoms with Crippen molar-refractivity contribution in [2.24, 2.45) is 0 Å². The molecule has 0 saturated heterocycles. The summed E-state index contributed by atoms with van der Waals surface area (Å²) in [6.07, 6.45) is 3.37. The van der Waals surface area contributed by atoms with E-state index in [-0.39, 0.29) is 0 Å². The van der Waals surface area contributed by atoms with Crippen LogP contribution in [0.15, 0.2) is 109 Å². The van der Waals surface area contributed by atoms with Gasteiger partial charge in [-0.3, -0.25) is 4.98 Å². The highest BCUT2D eigenvalue weighted by molar-refractivity contribution is 6.10. The Hall–Kier alpha value is -5.19. The van der Waals surface area contributed by atoms with Crippen molar-refractivity contribution in [3.8, 4) is 40.1 Å². The fourth-order valence-electron chi connectivity index (χ4n) is 4.82. The van der Waals surface area contributed by atoms with Crippen molar-refractivity contribution in [3.05, 3.63) is 121 Å². The van der Waals surface area contributed by atoms with Crippen LogP contribution in [0.4, 0.5) is 0 Å². The molecule has 0 amide bonds. The van der Waals surface area contributed by atoms with Crippen molar-refractivity contribution in [2.75, 3.05) is 0 Å². The molecule has 6 rings (SSSR count). The summed E-state index contributed by atoms with van der Waals surface area (Å²) in [5.74, 6) is 0. The maximum absolute atomic E-state index is 9.48. The molecule has 0 spiro atoms. The molecule has 0 radical (unpaired) electrons. The second kappa shape index (κ2) is 8.30. The zero-order valence-corrected chi connectivity index (χ0v) is 18.7. The van der Waals surface area contributed by atoms with Crippen molar-refractivity contribution >= 4 is 21.8 Å². The first-order valence-electron chi connectivity index (χ1n) is 11.3. The SMILES string of the molecule is N#Cc1cncc(-c2ccccc2-c2ccccc2-n2c3ccccc3c3cc(C#N)ccc32)c1. The number of benzene rings is 4. The Morgan fingerprint density at radius 3 is 2.09 bits per heavy atom. The molecule has 0 unspecified atom stereocenters. The van der Waals surface area contributed by atoms with Gasteiger partial charge in [-0.2, -0.15) is 10.5 Å². The Morgan fingerprint density at radius 1 is 0.571 bits per heavy atom. The lowest BCUT2D eigenvalue weighted by Gasteiger charge is -2.17. The lowest BCUT2D eigenvalue weighted by atomic mass is 9.94. The van der Waals surface area contributed by atoms with Crippen LogP contribution in [0.2, 0.25) is 0 Å². The molecule has 0 aliphatic carbocycles. The highest BCUT2D eigenvalue weighted by Crippen LogP contribution is 2.39. The van der Waals surface area contributed by atoms with E-state index in [4.69, 9.17) is 0 Å². The minimum Gasteiger partial charge on any atom is -0.309 e. The first kappa shape index (κ1) is 20.4. The maximum atomic E-state index is 9.48. The van der Waals surface area contributed by atoms with Gasteiger partial charge in [0.2, 0.25) is 0 Å². The molecule has 0 aliphatic rings. The van der Waals surface area contributed by atoms with E-state index in [0.717, 1.165) is 49.7 Å². The fourth-order valence-corrected chi connectivity index (χ4v) is 4.82. The minimum absolute atomic E-state index is 0.529. The van der Waals surface area contributed by atoms with Crippen molar-refractivity contribution in [1.29, 1.82) is 10.5 Å². The molecular formula is C31H18N4. The van der Waals surface area contributed by atoms with E-state index in [9.17, 15) is 10.5 Å². The molecule has 0 saturated carbocycles. The van der Waals surface area contributed by atoms with Gasteiger partial charge in [0.1, 0.15) is 6.07 Å². The molecule has 4 heteroatoms. The number of nitriles is 2. The molecule has 6 aromatic rings. The zero-order chi connectivity index (χ0) is 23.8. The number of fused-ring (bicyclic) bond motifs is 3. The van der Waals surface area contributed by atoms with E-state index in [1.54, 1.807) is 12.4 Å². The highest BCUT2D eigenvalue weighted by Gasteiger charge is 2.17. The Kier molecular flexibility index (Phi) is 4.84. The molecule has 4 nitrogen and oxygen atoms in total. The molecule has 0 N–H and O–H groups in total. The minimum atomic E-state index is 0.529. The van der Waals surface area contributed by atoms with Crippen molar-refractivity contribution in [3.63, 3.8) is 0 Å². The summed E-state index contributed by atoms with van der Waals surface area (Å²) < 4.78 is 2.27. The zero-order valence-electron chi connectivity index (χ0n) is 18.7. The van der Waals surface area contributed by atoms with Gasteiger partial charge in [0.05, 0.1) is 33.9 Å². The summed E-state index contributed by atoms with van der Waals surface area (Å²) in [4.78, 5) is 4.28. The average molecular weight is 447 g/mol. The van der Waals surface area contributed by atoms with E-state index in [1.165, 1.54) is 0 Å². The third-order valence-corrected chi connectivity index (χ3v) is 6.34. The van der Waals surface area contributed by atoms with Crippen LogP contribution in [0.1, 0.15) is 11.1 Å². The van der Waals surface area contributed by atoms with E-state index >= 15 is 0 Å². The molecule has 0 aliphatic heterocycles. The monoisotopic (exact) mass is 446 g/mol. The molecule has 2 heterocycles. The molecule has 4 aromatic carbocycles. The lowest BCUT2D eigenvalue weighted by molar-refractivity contribution is 1.18. The van der Waals surface area contributed by atoms with Crippen LogP contribution in [-0.2, 0) is 0 Å². The summed E-state index contributed by atoms with van der Waals surface area (Å²) >= 11 is 0. The summed E-state index contributed by atoms with van der Waals surface area (Å²) in [5.41, 5.74) is 8.37. The van der Waals surface area contributed by atoms with Crippen LogP contribution >= 0.6 is 0 Å². The number of hydrogen-bond donors (Lipinski definition) is 0. The van der Waals surface area contributed by atoms with Gasteiger partial charge in [-0.1, -0.05) is 60.7 Å². The first-order valence-corrected chi connectivity index (χ1v) is 11.3. The third kappa shape index (κ3) is 3.33. The predicted octanol–water partition coefficient (Wildman–Crippen LogP) is 7.26. The van der Waals surface area contributed by atoms with Crippen LogP contribution in [0.25, 0.3) is 49.7 Å². The van der Waals surface area contributed by atoms with Crippen molar-refractivity contribution < 1.29 is 0 Å². The fraction of sp³-hybridized carbons (Fsp3) is 0. The Bertz CT molecular complexity index is 1830. The molecular weight excluding hydrogens is 428 g/mol. The number of pyridine rings is 1. The van der Waals surface area contributed by atoms with Gasteiger partial charge in [-0.15, -0.1) is 0 Å². The van der Waals surface area contributed by atoms with Crippen molar-refractivity contribution in [1.82, 2.24) is 9.55 Å². The molecule has 0 atom stereocenters. The van der Waals surface area contributed by atoms with Crippen molar-refractivity contribution in [2.45, 2.75) is 0 Å². The predicted molar refractivity (Wildman–Crippen MR) is 139 cm³/mol. The highest BCUT2D eigenvalue weighted by atomic mass is 15.0. The standard InChI is InChI=1S/C31H18N4/c32-17-21-13-14-31-28(16-21)27-10-4-6-12-30(27)35(31)29-11-5-3-9-26(29)25-8-2-1-7-24(25)23-15-22(18-33)19-34-20-23/h1-16,19-20H. The Labute approximate surface area is 202 Å². The summed E-state index contributed by atoms with van der Waals surface area (Å²) in [6, 6.07) is 37.0. The third-order valence-electron chi connectivity index (χ3n) is 6.34. The molecule has 162 valence electrons. The molecule has 0 bridgehead atoms. The number of hydrogen-bond acceptors (Lipinski definition) is 3.